The van der Waals surface area contributed by atoms with Gasteiger partial charge in [-0.15, -0.1) is 0 Å². The number of carboxylic acids is 1. The molecule has 1 aliphatic heterocycles. The number of amides is 1. The van der Waals surface area contributed by atoms with Gasteiger partial charge in [-0.05, 0) is 48.2 Å². The lowest BCUT2D eigenvalue weighted by molar-refractivity contribution is -0.139. The highest BCUT2D eigenvalue weighted by atomic mass is 32.2. The van der Waals surface area contributed by atoms with Crippen LogP contribution in [0.1, 0.15) is 5.56 Å². The Labute approximate surface area is 159 Å². The molecule has 8 heteroatoms. The summed E-state index contributed by atoms with van der Waals surface area (Å²) in [7, 11) is 1.63. The normalized spacial score (nSPS) is 16.9. The number of aromatic hydroxyl groups is 1. The van der Waals surface area contributed by atoms with Crippen molar-refractivity contribution in [1.29, 1.82) is 0 Å². The second-order valence-electron chi connectivity index (χ2n) is 5.61. The number of ether oxygens (including phenoxy) is 1. The number of carboxylic acid groups (broad SMARTS) is 1. The van der Waals surface area contributed by atoms with E-state index in [9.17, 15) is 14.7 Å². The van der Waals surface area contributed by atoms with Crippen molar-refractivity contribution in [2.24, 2.45) is 4.99 Å². The van der Waals surface area contributed by atoms with Gasteiger partial charge in [0.15, 0.2) is 11.8 Å². The fraction of sp³-hybridized carbons (Fsp3) is 0.105. The number of hydrogen-bond acceptors (Lipinski definition) is 6. The van der Waals surface area contributed by atoms with Crippen LogP contribution < -0.4 is 4.74 Å². The molecule has 1 aliphatic rings. The van der Waals surface area contributed by atoms with Crippen LogP contribution in [0.4, 0.5) is 5.69 Å². The largest absolute Gasteiger partial charge is 0.508 e. The number of phenols is 1. The van der Waals surface area contributed by atoms with Crippen molar-refractivity contribution in [3.8, 4) is 11.5 Å². The fourth-order valence-electron chi connectivity index (χ4n) is 2.30. The van der Waals surface area contributed by atoms with Crippen molar-refractivity contribution >= 4 is 40.6 Å². The minimum Gasteiger partial charge on any atom is -0.508 e. The maximum absolute atomic E-state index is 12.5. The van der Waals surface area contributed by atoms with E-state index in [-0.39, 0.29) is 11.7 Å². The summed E-state index contributed by atoms with van der Waals surface area (Å²) in [5.74, 6) is -0.772. The number of thioether (sulfide) groups is 1. The van der Waals surface area contributed by atoms with Crippen molar-refractivity contribution in [2.45, 2.75) is 0 Å². The Morgan fingerprint density at radius 1 is 1.22 bits per heavy atom. The SMILES string of the molecule is CN1C(=O)/C(=C/c2ccccc2OCC(=O)O)SC1=Nc1ccc(O)cc1. The lowest BCUT2D eigenvalue weighted by Gasteiger charge is -2.07. The van der Waals surface area contributed by atoms with Gasteiger partial charge in [0, 0.05) is 12.6 Å². The van der Waals surface area contributed by atoms with Crippen LogP contribution in [0, 0.1) is 0 Å². The smallest absolute Gasteiger partial charge is 0.341 e. The van der Waals surface area contributed by atoms with Crippen LogP contribution >= 0.6 is 11.8 Å². The summed E-state index contributed by atoms with van der Waals surface area (Å²) in [6.07, 6.45) is 1.65. The molecule has 1 fully saturated rings. The monoisotopic (exact) mass is 384 g/mol. The van der Waals surface area contributed by atoms with Crippen LogP contribution in [0.15, 0.2) is 58.4 Å². The quantitative estimate of drug-likeness (QED) is 0.769. The van der Waals surface area contributed by atoms with Gasteiger partial charge in [0.25, 0.3) is 5.91 Å². The van der Waals surface area contributed by atoms with Gasteiger partial charge in [-0.1, -0.05) is 18.2 Å². The van der Waals surface area contributed by atoms with Crippen molar-refractivity contribution in [1.82, 2.24) is 4.90 Å². The van der Waals surface area contributed by atoms with Gasteiger partial charge >= 0.3 is 5.97 Å². The molecule has 1 heterocycles. The molecule has 7 nitrogen and oxygen atoms in total. The van der Waals surface area contributed by atoms with E-state index in [1.54, 1.807) is 49.5 Å². The Kier molecular flexibility index (Phi) is 5.46. The van der Waals surface area contributed by atoms with Gasteiger partial charge in [0.1, 0.15) is 11.5 Å². The van der Waals surface area contributed by atoms with Crippen LogP contribution in [0.5, 0.6) is 11.5 Å². The van der Waals surface area contributed by atoms with Gasteiger partial charge in [-0.25, -0.2) is 9.79 Å². The maximum Gasteiger partial charge on any atom is 0.341 e. The average molecular weight is 384 g/mol. The summed E-state index contributed by atoms with van der Waals surface area (Å²) in [5, 5.41) is 18.6. The van der Waals surface area contributed by atoms with E-state index in [0.717, 1.165) is 0 Å². The molecule has 0 bridgehead atoms. The second-order valence-corrected chi connectivity index (χ2v) is 6.61. The molecule has 2 aromatic carbocycles. The van der Waals surface area contributed by atoms with Crippen LogP contribution in [-0.4, -0.2) is 45.8 Å². The molecule has 0 saturated carbocycles. The molecule has 0 aromatic heterocycles. The minimum absolute atomic E-state index is 0.140. The van der Waals surface area contributed by atoms with Gasteiger partial charge in [0.05, 0.1) is 10.6 Å². The van der Waals surface area contributed by atoms with Gasteiger partial charge in [0.2, 0.25) is 0 Å². The van der Waals surface area contributed by atoms with Crippen LogP contribution in [0.3, 0.4) is 0 Å². The number of amidine groups is 1. The van der Waals surface area contributed by atoms with Crippen LogP contribution in [0.25, 0.3) is 6.08 Å². The number of aliphatic carboxylic acids is 1. The molecule has 1 amide bonds. The highest BCUT2D eigenvalue weighted by Crippen LogP contribution is 2.34. The number of carbonyl (C=O) groups is 2. The lowest BCUT2D eigenvalue weighted by Crippen LogP contribution is -2.23. The number of benzene rings is 2. The van der Waals surface area contributed by atoms with Gasteiger partial charge < -0.3 is 14.9 Å². The Hall–Kier alpha value is -3.26. The molecule has 0 unspecified atom stereocenters. The third-order valence-electron chi connectivity index (χ3n) is 3.63. The van der Waals surface area contributed by atoms with Crippen molar-refractivity contribution in [2.75, 3.05) is 13.7 Å². The third kappa shape index (κ3) is 4.48. The summed E-state index contributed by atoms with van der Waals surface area (Å²) in [6.45, 7) is -0.464. The molecule has 27 heavy (non-hydrogen) atoms. The first-order valence-corrected chi connectivity index (χ1v) is 8.74. The predicted octanol–water partition coefficient (Wildman–Crippen LogP) is 3.09. The molecule has 138 valence electrons. The number of aliphatic imine (C=N–C) groups is 1. The number of carbonyl (C=O) groups excluding carboxylic acids is 1. The Morgan fingerprint density at radius 3 is 2.63 bits per heavy atom. The number of phenolic OH excluding ortho intramolecular Hbond substituents is 1. The van der Waals surface area contributed by atoms with E-state index in [1.165, 1.54) is 28.8 Å². The van der Waals surface area contributed by atoms with E-state index in [0.29, 0.717) is 27.1 Å². The number of nitrogens with zero attached hydrogens (tertiary/aromatic N) is 2. The zero-order chi connectivity index (χ0) is 19.4. The van der Waals surface area contributed by atoms with Gasteiger partial charge in [-0.2, -0.15) is 0 Å². The van der Waals surface area contributed by atoms with Crippen LogP contribution in [-0.2, 0) is 9.59 Å². The van der Waals surface area contributed by atoms with Crippen molar-refractivity contribution < 1.29 is 24.5 Å². The fourth-order valence-corrected chi connectivity index (χ4v) is 3.28. The molecule has 0 aliphatic carbocycles. The van der Waals surface area contributed by atoms with Crippen molar-refractivity contribution in [3.05, 3.63) is 59.0 Å². The topological polar surface area (TPSA) is 99.4 Å². The first-order chi connectivity index (χ1) is 12.9. The van der Waals surface area contributed by atoms with E-state index < -0.39 is 12.6 Å². The summed E-state index contributed by atoms with van der Waals surface area (Å²) >= 11 is 1.21. The number of rotatable bonds is 5. The third-order valence-corrected chi connectivity index (χ3v) is 4.69. The molecular formula is C19H16N2O5S. The number of para-hydroxylation sites is 1. The molecule has 2 aromatic rings. The van der Waals surface area contributed by atoms with Gasteiger partial charge in [-0.3, -0.25) is 9.69 Å². The standard InChI is InChI=1S/C19H16N2O5S/c1-21-18(25)16(27-19(21)20-13-6-8-14(22)9-7-13)10-12-4-2-3-5-15(12)26-11-17(23)24/h2-10,22H,11H2,1H3,(H,23,24)/b16-10-,20-19?. The summed E-state index contributed by atoms with van der Waals surface area (Å²) in [6, 6.07) is 13.2. The van der Waals surface area contributed by atoms with Crippen molar-refractivity contribution in [3.63, 3.8) is 0 Å². The summed E-state index contributed by atoms with van der Waals surface area (Å²) in [5.41, 5.74) is 1.22. The maximum atomic E-state index is 12.5. The molecule has 3 rings (SSSR count). The first-order valence-electron chi connectivity index (χ1n) is 7.93. The molecule has 0 atom stereocenters. The zero-order valence-corrected chi connectivity index (χ0v) is 15.1. The van der Waals surface area contributed by atoms with Crippen LogP contribution in [0.2, 0.25) is 0 Å². The minimum atomic E-state index is -1.08. The van der Waals surface area contributed by atoms with E-state index in [1.807, 2.05) is 0 Å². The molecule has 0 radical (unpaired) electrons. The second kappa shape index (κ2) is 7.96. The Morgan fingerprint density at radius 2 is 1.93 bits per heavy atom. The predicted molar refractivity (Wildman–Crippen MR) is 103 cm³/mol. The highest BCUT2D eigenvalue weighted by Gasteiger charge is 2.30. The van der Waals surface area contributed by atoms with E-state index in [4.69, 9.17) is 9.84 Å². The highest BCUT2D eigenvalue weighted by molar-refractivity contribution is 8.18. The van der Waals surface area contributed by atoms with E-state index >= 15 is 0 Å². The van der Waals surface area contributed by atoms with E-state index in [2.05, 4.69) is 4.99 Å². The first kappa shape index (κ1) is 18.5. The Bertz CT molecular complexity index is 937. The number of likely N-dealkylation sites (N-methyl/N-ethyl adjacent to an activating group) is 1. The zero-order valence-electron chi connectivity index (χ0n) is 14.3. The molecule has 1 saturated heterocycles. The summed E-state index contributed by atoms with van der Waals surface area (Å²) < 4.78 is 5.27. The number of hydrogen-bond donors (Lipinski definition) is 2. The lowest BCUT2D eigenvalue weighted by atomic mass is 10.2. The molecule has 0 spiro atoms. The summed E-state index contributed by atoms with van der Waals surface area (Å²) in [4.78, 5) is 29.6. The molecular weight excluding hydrogens is 368 g/mol. The molecule has 2 N–H and O–H groups in total. The average Bonchev–Trinajstić information content (AvgIpc) is 2.91. The Balaban J connectivity index is 1.87.